The molecule has 0 saturated carbocycles. The molecule has 2 rings (SSSR count). The first-order chi connectivity index (χ1) is 11.5. The largest absolute Gasteiger partial charge is 0.497 e. The minimum atomic E-state index is -0.991. The van der Waals surface area contributed by atoms with Gasteiger partial charge in [-0.1, -0.05) is 12.1 Å². The van der Waals surface area contributed by atoms with Crippen molar-refractivity contribution in [1.82, 2.24) is 0 Å². The molecule has 1 atom stereocenters. The number of hydrogen-bond donors (Lipinski definition) is 1. The SMILES string of the molecule is COc1cccc(C(=O)O[C@@H](C)C(=O)Nc2cccc(C#N)c2)c1. The van der Waals surface area contributed by atoms with Crippen LogP contribution in [-0.4, -0.2) is 25.1 Å². The number of rotatable bonds is 5. The number of methoxy groups -OCH3 is 1. The molecule has 0 aliphatic rings. The summed E-state index contributed by atoms with van der Waals surface area (Å²) in [5.41, 5.74) is 1.18. The maximum absolute atomic E-state index is 12.1. The van der Waals surface area contributed by atoms with E-state index in [1.54, 1.807) is 36.4 Å². The molecule has 0 unspecified atom stereocenters. The number of carbonyl (C=O) groups is 2. The molecular weight excluding hydrogens is 308 g/mol. The van der Waals surface area contributed by atoms with E-state index in [1.165, 1.54) is 26.2 Å². The molecule has 122 valence electrons. The Kier molecular flexibility index (Phi) is 5.53. The van der Waals surface area contributed by atoms with Crippen molar-refractivity contribution in [3.63, 3.8) is 0 Å². The predicted molar refractivity (Wildman–Crippen MR) is 87.7 cm³/mol. The zero-order chi connectivity index (χ0) is 17.5. The van der Waals surface area contributed by atoms with Crippen molar-refractivity contribution in [3.8, 4) is 11.8 Å². The lowest BCUT2D eigenvalue weighted by molar-refractivity contribution is -0.123. The molecule has 1 amide bonds. The number of ether oxygens (including phenoxy) is 2. The van der Waals surface area contributed by atoms with Crippen LogP contribution in [0.15, 0.2) is 48.5 Å². The van der Waals surface area contributed by atoms with Gasteiger partial charge in [0.05, 0.1) is 24.3 Å². The summed E-state index contributed by atoms with van der Waals surface area (Å²) in [5, 5.41) is 11.5. The third-order valence-electron chi connectivity index (χ3n) is 3.22. The van der Waals surface area contributed by atoms with E-state index in [0.29, 0.717) is 22.6 Å². The van der Waals surface area contributed by atoms with Crippen LogP contribution < -0.4 is 10.1 Å². The molecule has 0 spiro atoms. The molecule has 6 nitrogen and oxygen atoms in total. The Balaban J connectivity index is 2.00. The number of esters is 1. The number of hydrogen-bond acceptors (Lipinski definition) is 5. The second-order valence-electron chi connectivity index (χ2n) is 4.96. The van der Waals surface area contributed by atoms with E-state index in [9.17, 15) is 9.59 Å². The number of nitrogens with one attached hydrogen (secondary N) is 1. The Morgan fingerprint density at radius 1 is 1.17 bits per heavy atom. The summed E-state index contributed by atoms with van der Waals surface area (Å²) in [6.07, 6.45) is -0.991. The average molecular weight is 324 g/mol. The van der Waals surface area contributed by atoms with Crippen molar-refractivity contribution in [2.24, 2.45) is 0 Å². The monoisotopic (exact) mass is 324 g/mol. The lowest BCUT2D eigenvalue weighted by Crippen LogP contribution is -2.30. The van der Waals surface area contributed by atoms with Crippen molar-refractivity contribution in [3.05, 3.63) is 59.7 Å². The molecule has 0 heterocycles. The van der Waals surface area contributed by atoms with Crippen molar-refractivity contribution in [2.75, 3.05) is 12.4 Å². The Bertz CT molecular complexity index is 796. The van der Waals surface area contributed by atoms with Gasteiger partial charge in [-0.3, -0.25) is 4.79 Å². The van der Waals surface area contributed by atoms with Gasteiger partial charge in [0.25, 0.3) is 5.91 Å². The maximum Gasteiger partial charge on any atom is 0.339 e. The highest BCUT2D eigenvalue weighted by Crippen LogP contribution is 2.15. The van der Waals surface area contributed by atoms with Crippen LogP contribution in [0.4, 0.5) is 5.69 Å². The van der Waals surface area contributed by atoms with Gasteiger partial charge in [-0.05, 0) is 43.3 Å². The van der Waals surface area contributed by atoms with Crippen molar-refractivity contribution in [1.29, 1.82) is 5.26 Å². The lowest BCUT2D eigenvalue weighted by Gasteiger charge is -2.14. The molecule has 0 radical (unpaired) electrons. The van der Waals surface area contributed by atoms with Crippen LogP contribution in [-0.2, 0) is 9.53 Å². The van der Waals surface area contributed by atoms with Gasteiger partial charge in [-0.15, -0.1) is 0 Å². The number of nitrogens with zero attached hydrogens (tertiary/aromatic N) is 1. The molecule has 2 aromatic rings. The molecular formula is C18H16N2O4. The Morgan fingerprint density at radius 2 is 1.92 bits per heavy atom. The van der Waals surface area contributed by atoms with Gasteiger partial charge in [0.2, 0.25) is 0 Å². The highest BCUT2D eigenvalue weighted by molar-refractivity contribution is 5.97. The topological polar surface area (TPSA) is 88.4 Å². The molecule has 6 heteroatoms. The molecule has 0 saturated heterocycles. The minimum absolute atomic E-state index is 0.292. The molecule has 0 aliphatic carbocycles. The van der Waals surface area contributed by atoms with Crippen LogP contribution in [0.25, 0.3) is 0 Å². The summed E-state index contributed by atoms with van der Waals surface area (Å²) < 4.78 is 10.2. The normalized spacial score (nSPS) is 11.0. The summed E-state index contributed by atoms with van der Waals surface area (Å²) in [7, 11) is 1.50. The first-order valence-corrected chi connectivity index (χ1v) is 7.19. The first kappa shape index (κ1) is 17.0. The summed E-state index contributed by atoms with van der Waals surface area (Å²) in [4.78, 5) is 24.2. The second kappa shape index (κ2) is 7.79. The van der Waals surface area contributed by atoms with E-state index in [1.807, 2.05) is 6.07 Å². The maximum atomic E-state index is 12.1. The quantitative estimate of drug-likeness (QED) is 0.854. The number of carbonyl (C=O) groups excluding carboxylic acids is 2. The van der Waals surface area contributed by atoms with Crippen LogP contribution in [0, 0.1) is 11.3 Å². The number of anilines is 1. The van der Waals surface area contributed by atoms with E-state index < -0.39 is 18.0 Å². The minimum Gasteiger partial charge on any atom is -0.497 e. The fourth-order valence-corrected chi connectivity index (χ4v) is 1.94. The zero-order valence-corrected chi connectivity index (χ0v) is 13.3. The van der Waals surface area contributed by atoms with Crippen LogP contribution in [0.1, 0.15) is 22.8 Å². The number of amides is 1. The van der Waals surface area contributed by atoms with Crippen molar-refractivity contribution < 1.29 is 19.1 Å². The van der Waals surface area contributed by atoms with Crippen LogP contribution in [0.2, 0.25) is 0 Å². The van der Waals surface area contributed by atoms with E-state index in [2.05, 4.69) is 5.32 Å². The van der Waals surface area contributed by atoms with Crippen molar-refractivity contribution in [2.45, 2.75) is 13.0 Å². The highest BCUT2D eigenvalue weighted by Gasteiger charge is 2.19. The Morgan fingerprint density at radius 3 is 2.62 bits per heavy atom. The van der Waals surface area contributed by atoms with E-state index in [0.717, 1.165) is 0 Å². The molecule has 0 aliphatic heterocycles. The van der Waals surface area contributed by atoms with Crippen LogP contribution in [0.3, 0.4) is 0 Å². The fraction of sp³-hybridized carbons (Fsp3) is 0.167. The summed E-state index contributed by atoms with van der Waals surface area (Å²) in [6.45, 7) is 1.47. The van der Waals surface area contributed by atoms with Crippen molar-refractivity contribution >= 4 is 17.6 Å². The fourth-order valence-electron chi connectivity index (χ4n) is 1.94. The van der Waals surface area contributed by atoms with Gasteiger partial charge in [0.15, 0.2) is 6.10 Å². The first-order valence-electron chi connectivity index (χ1n) is 7.19. The highest BCUT2D eigenvalue weighted by atomic mass is 16.5. The van der Waals surface area contributed by atoms with Gasteiger partial charge >= 0.3 is 5.97 Å². The van der Waals surface area contributed by atoms with Crippen LogP contribution >= 0.6 is 0 Å². The third-order valence-corrected chi connectivity index (χ3v) is 3.22. The standard InChI is InChI=1S/C18H16N2O4/c1-12(17(21)20-15-7-3-5-13(9-15)11-19)24-18(22)14-6-4-8-16(10-14)23-2/h3-10,12H,1-2H3,(H,20,21)/t12-/m0/s1. The van der Waals surface area contributed by atoms with Crippen LogP contribution in [0.5, 0.6) is 5.75 Å². The van der Waals surface area contributed by atoms with Gasteiger partial charge in [-0.25, -0.2) is 4.79 Å². The smallest absolute Gasteiger partial charge is 0.339 e. The summed E-state index contributed by atoms with van der Waals surface area (Å²) in [5.74, 6) is -0.585. The summed E-state index contributed by atoms with van der Waals surface area (Å²) in [6, 6.07) is 14.9. The van der Waals surface area contributed by atoms with E-state index in [4.69, 9.17) is 14.7 Å². The second-order valence-corrected chi connectivity index (χ2v) is 4.96. The average Bonchev–Trinajstić information content (AvgIpc) is 2.61. The molecule has 0 bridgehead atoms. The van der Waals surface area contributed by atoms with E-state index >= 15 is 0 Å². The van der Waals surface area contributed by atoms with E-state index in [-0.39, 0.29) is 0 Å². The summed E-state index contributed by atoms with van der Waals surface area (Å²) >= 11 is 0. The van der Waals surface area contributed by atoms with Gasteiger partial charge < -0.3 is 14.8 Å². The third kappa shape index (κ3) is 4.34. The molecule has 2 aromatic carbocycles. The molecule has 1 N–H and O–H groups in total. The predicted octanol–water partition coefficient (Wildman–Crippen LogP) is 2.75. The zero-order valence-electron chi connectivity index (χ0n) is 13.3. The Labute approximate surface area is 139 Å². The molecule has 0 fully saturated rings. The molecule has 24 heavy (non-hydrogen) atoms. The number of nitriles is 1. The molecule has 0 aromatic heterocycles. The number of benzene rings is 2. The van der Waals surface area contributed by atoms with Gasteiger partial charge in [-0.2, -0.15) is 5.26 Å². The lowest BCUT2D eigenvalue weighted by atomic mass is 10.2. The Hall–Kier alpha value is -3.33. The van der Waals surface area contributed by atoms with Gasteiger partial charge in [0.1, 0.15) is 5.75 Å². The van der Waals surface area contributed by atoms with Gasteiger partial charge in [0, 0.05) is 5.69 Å².